The number of likely N-dealkylation sites (N-methyl/N-ethyl adjacent to an activating group) is 1. The zero-order chi connectivity index (χ0) is 15.4. The first-order chi connectivity index (χ1) is 10.1. The fourth-order valence-corrected chi connectivity index (χ4v) is 2.27. The third-order valence-electron chi connectivity index (χ3n) is 3.50. The predicted molar refractivity (Wildman–Crippen MR) is 78.5 cm³/mol. The van der Waals surface area contributed by atoms with Crippen LogP contribution in [0.25, 0.3) is 0 Å². The Labute approximate surface area is 124 Å². The van der Waals surface area contributed by atoms with Gasteiger partial charge in [-0.2, -0.15) is 0 Å². The maximum atomic E-state index is 12.3. The SMILES string of the molecule is CCN(CC)C(=O)C(C)Oc1cc2c(cc1CN)OCO2. The van der Waals surface area contributed by atoms with E-state index in [1.807, 2.05) is 13.8 Å². The van der Waals surface area contributed by atoms with E-state index in [0.717, 1.165) is 5.56 Å². The topological polar surface area (TPSA) is 74.0 Å². The predicted octanol–water partition coefficient (Wildman–Crippen LogP) is 1.51. The molecule has 0 bridgehead atoms. The molecule has 0 aromatic heterocycles. The van der Waals surface area contributed by atoms with Gasteiger partial charge in [0, 0.05) is 31.3 Å². The molecule has 6 nitrogen and oxygen atoms in total. The minimum atomic E-state index is -0.574. The Morgan fingerprint density at radius 1 is 1.33 bits per heavy atom. The van der Waals surface area contributed by atoms with Gasteiger partial charge in [-0.25, -0.2) is 0 Å². The Hall–Kier alpha value is -1.95. The highest BCUT2D eigenvalue weighted by atomic mass is 16.7. The van der Waals surface area contributed by atoms with E-state index in [1.54, 1.807) is 24.0 Å². The largest absolute Gasteiger partial charge is 0.480 e. The molecular weight excluding hydrogens is 272 g/mol. The van der Waals surface area contributed by atoms with Crippen molar-refractivity contribution in [1.82, 2.24) is 4.90 Å². The van der Waals surface area contributed by atoms with Gasteiger partial charge in [-0.1, -0.05) is 0 Å². The summed E-state index contributed by atoms with van der Waals surface area (Å²) >= 11 is 0. The number of amides is 1. The van der Waals surface area contributed by atoms with Crippen LogP contribution >= 0.6 is 0 Å². The highest BCUT2D eigenvalue weighted by Crippen LogP contribution is 2.38. The zero-order valence-electron chi connectivity index (χ0n) is 12.7. The third-order valence-corrected chi connectivity index (χ3v) is 3.50. The van der Waals surface area contributed by atoms with Crippen molar-refractivity contribution in [3.8, 4) is 17.2 Å². The number of ether oxygens (including phenoxy) is 3. The van der Waals surface area contributed by atoms with Crippen LogP contribution in [0, 0.1) is 0 Å². The van der Waals surface area contributed by atoms with Gasteiger partial charge in [-0.15, -0.1) is 0 Å². The molecule has 1 heterocycles. The number of nitrogens with two attached hydrogens (primary N) is 1. The summed E-state index contributed by atoms with van der Waals surface area (Å²) in [6.45, 7) is 7.45. The van der Waals surface area contributed by atoms with Crippen molar-refractivity contribution < 1.29 is 19.0 Å². The summed E-state index contributed by atoms with van der Waals surface area (Å²) in [5, 5.41) is 0. The standard InChI is InChI=1S/C15H22N2O4/c1-4-17(5-2)15(18)10(3)21-12-7-14-13(19-9-20-14)6-11(12)8-16/h6-7,10H,4-5,8-9,16H2,1-3H3. The lowest BCUT2D eigenvalue weighted by atomic mass is 10.1. The summed E-state index contributed by atoms with van der Waals surface area (Å²) in [6, 6.07) is 3.53. The number of fused-ring (bicyclic) bond motifs is 1. The molecule has 21 heavy (non-hydrogen) atoms. The van der Waals surface area contributed by atoms with Crippen LogP contribution in [-0.2, 0) is 11.3 Å². The quantitative estimate of drug-likeness (QED) is 0.861. The van der Waals surface area contributed by atoms with Crippen LogP contribution in [0.15, 0.2) is 12.1 Å². The van der Waals surface area contributed by atoms with E-state index in [-0.39, 0.29) is 12.7 Å². The average Bonchev–Trinajstić information content (AvgIpc) is 2.94. The van der Waals surface area contributed by atoms with E-state index >= 15 is 0 Å². The van der Waals surface area contributed by atoms with Gasteiger partial charge in [0.1, 0.15) is 5.75 Å². The maximum Gasteiger partial charge on any atom is 0.263 e. The molecule has 0 radical (unpaired) electrons. The van der Waals surface area contributed by atoms with Gasteiger partial charge < -0.3 is 24.8 Å². The Morgan fingerprint density at radius 2 is 1.95 bits per heavy atom. The van der Waals surface area contributed by atoms with Crippen molar-refractivity contribution in [2.24, 2.45) is 5.73 Å². The van der Waals surface area contributed by atoms with Crippen LogP contribution in [0.4, 0.5) is 0 Å². The third kappa shape index (κ3) is 3.21. The molecule has 2 N–H and O–H groups in total. The lowest BCUT2D eigenvalue weighted by molar-refractivity contribution is -0.137. The lowest BCUT2D eigenvalue weighted by Gasteiger charge is -2.24. The second-order valence-electron chi connectivity index (χ2n) is 4.79. The number of carbonyl (C=O) groups excluding carboxylic acids is 1. The number of hydrogen-bond acceptors (Lipinski definition) is 5. The molecule has 1 aliphatic rings. The molecule has 1 unspecified atom stereocenters. The number of hydrogen-bond donors (Lipinski definition) is 1. The summed E-state index contributed by atoms with van der Waals surface area (Å²) < 4.78 is 16.4. The maximum absolute atomic E-state index is 12.3. The summed E-state index contributed by atoms with van der Waals surface area (Å²) in [5.41, 5.74) is 6.53. The molecule has 0 aliphatic carbocycles. The van der Waals surface area contributed by atoms with Gasteiger partial charge in [0.25, 0.3) is 5.91 Å². The average molecular weight is 294 g/mol. The molecule has 1 atom stereocenters. The Bertz CT molecular complexity index is 515. The van der Waals surface area contributed by atoms with E-state index in [0.29, 0.717) is 36.9 Å². The molecular formula is C15H22N2O4. The Morgan fingerprint density at radius 3 is 2.52 bits per heavy atom. The fourth-order valence-electron chi connectivity index (χ4n) is 2.27. The smallest absolute Gasteiger partial charge is 0.263 e. The number of rotatable bonds is 6. The van der Waals surface area contributed by atoms with Gasteiger partial charge in [0.15, 0.2) is 17.6 Å². The molecule has 0 saturated heterocycles. The molecule has 1 aromatic carbocycles. The van der Waals surface area contributed by atoms with Crippen LogP contribution < -0.4 is 19.9 Å². The van der Waals surface area contributed by atoms with Crippen LogP contribution in [0.5, 0.6) is 17.2 Å². The summed E-state index contributed by atoms with van der Waals surface area (Å²) in [5.74, 6) is 1.80. The number of nitrogens with zero attached hydrogens (tertiary/aromatic N) is 1. The van der Waals surface area contributed by atoms with E-state index in [4.69, 9.17) is 19.9 Å². The minimum absolute atomic E-state index is 0.0411. The summed E-state index contributed by atoms with van der Waals surface area (Å²) in [7, 11) is 0. The van der Waals surface area contributed by atoms with Gasteiger partial charge in [-0.05, 0) is 26.8 Å². The van der Waals surface area contributed by atoms with Crippen LogP contribution in [0.2, 0.25) is 0 Å². The van der Waals surface area contributed by atoms with Gasteiger partial charge in [0.2, 0.25) is 6.79 Å². The normalized spacial score (nSPS) is 13.9. The first-order valence-corrected chi connectivity index (χ1v) is 7.18. The first-order valence-electron chi connectivity index (χ1n) is 7.18. The van der Waals surface area contributed by atoms with Crippen LogP contribution in [0.1, 0.15) is 26.3 Å². The van der Waals surface area contributed by atoms with Crippen molar-refractivity contribution in [1.29, 1.82) is 0 Å². The van der Waals surface area contributed by atoms with E-state index in [1.165, 1.54) is 0 Å². The second kappa shape index (κ2) is 6.67. The summed E-state index contributed by atoms with van der Waals surface area (Å²) in [6.07, 6.45) is -0.574. The molecule has 6 heteroatoms. The van der Waals surface area contributed by atoms with Crippen molar-refractivity contribution in [3.63, 3.8) is 0 Å². The number of carbonyl (C=O) groups is 1. The second-order valence-corrected chi connectivity index (χ2v) is 4.79. The first kappa shape index (κ1) is 15.4. The molecule has 1 aliphatic heterocycles. The molecule has 0 saturated carbocycles. The van der Waals surface area contributed by atoms with Crippen molar-refractivity contribution >= 4 is 5.91 Å². The fraction of sp³-hybridized carbons (Fsp3) is 0.533. The number of benzene rings is 1. The monoisotopic (exact) mass is 294 g/mol. The van der Waals surface area contributed by atoms with Crippen molar-refractivity contribution in [2.75, 3.05) is 19.9 Å². The van der Waals surface area contributed by atoms with Crippen molar-refractivity contribution in [3.05, 3.63) is 17.7 Å². The van der Waals surface area contributed by atoms with E-state index in [2.05, 4.69) is 0 Å². The Balaban J connectivity index is 2.17. The Kier molecular flexibility index (Phi) is 4.90. The highest BCUT2D eigenvalue weighted by molar-refractivity contribution is 5.81. The highest BCUT2D eigenvalue weighted by Gasteiger charge is 2.23. The molecule has 0 spiro atoms. The van der Waals surface area contributed by atoms with E-state index < -0.39 is 6.10 Å². The zero-order valence-corrected chi connectivity index (χ0v) is 12.7. The molecule has 1 amide bonds. The van der Waals surface area contributed by atoms with Crippen molar-refractivity contribution in [2.45, 2.75) is 33.4 Å². The van der Waals surface area contributed by atoms with Crippen LogP contribution in [-0.4, -0.2) is 36.8 Å². The molecule has 2 rings (SSSR count). The van der Waals surface area contributed by atoms with Gasteiger partial charge in [0.05, 0.1) is 0 Å². The van der Waals surface area contributed by atoms with Gasteiger partial charge >= 0.3 is 0 Å². The van der Waals surface area contributed by atoms with Gasteiger partial charge in [-0.3, -0.25) is 4.79 Å². The molecule has 0 fully saturated rings. The summed E-state index contributed by atoms with van der Waals surface area (Å²) in [4.78, 5) is 14.0. The molecule has 1 aromatic rings. The minimum Gasteiger partial charge on any atom is -0.480 e. The van der Waals surface area contributed by atoms with E-state index in [9.17, 15) is 4.79 Å². The molecule has 116 valence electrons. The van der Waals surface area contributed by atoms with Crippen LogP contribution in [0.3, 0.4) is 0 Å². The lowest BCUT2D eigenvalue weighted by Crippen LogP contribution is -2.40.